The predicted octanol–water partition coefficient (Wildman–Crippen LogP) is -0.221. The van der Waals surface area contributed by atoms with Crippen LogP contribution in [0, 0.1) is 0 Å². The van der Waals surface area contributed by atoms with Gasteiger partial charge in [-0.05, 0) is 24.3 Å². The first-order valence-electron chi connectivity index (χ1n) is 6.76. The average molecular weight is 359 g/mol. The van der Waals surface area contributed by atoms with Gasteiger partial charge >= 0.3 is 5.97 Å². The number of amides is 1. The zero-order valence-electron chi connectivity index (χ0n) is 12.4. The Morgan fingerprint density at radius 1 is 1.52 bits per heavy atom. The number of pyridine rings is 1. The lowest BCUT2D eigenvalue weighted by Gasteiger charge is -2.26. The normalized spacial score (nSPS) is 21.3. The van der Waals surface area contributed by atoms with E-state index in [0.717, 1.165) is 4.31 Å². The summed E-state index contributed by atoms with van der Waals surface area (Å²) in [5.41, 5.74) is -1.32. The van der Waals surface area contributed by atoms with Gasteiger partial charge in [0.25, 0.3) is 0 Å². The smallest absolute Gasteiger partial charge is 0.330 e. The molecule has 10 heteroatoms. The molecule has 0 saturated carbocycles. The molecule has 1 saturated heterocycles. The van der Waals surface area contributed by atoms with Crippen LogP contribution in [0.1, 0.15) is 6.42 Å². The Bertz CT molecular complexity index is 687. The summed E-state index contributed by atoms with van der Waals surface area (Å²) >= 11 is 1.44. The van der Waals surface area contributed by atoms with Crippen molar-refractivity contribution < 1.29 is 23.1 Å². The van der Waals surface area contributed by atoms with Crippen molar-refractivity contribution in [2.75, 3.05) is 25.1 Å². The molecular weight excluding hydrogens is 342 g/mol. The molecule has 1 fully saturated rings. The summed E-state index contributed by atoms with van der Waals surface area (Å²) in [7, 11) is -2.59. The number of carbonyl (C=O) groups is 2. The molecule has 2 N–H and O–H groups in total. The summed E-state index contributed by atoms with van der Waals surface area (Å²) in [6, 6.07) is 2.86. The summed E-state index contributed by atoms with van der Waals surface area (Å²) in [6.07, 6.45) is 2.95. The predicted molar refractivity (Wildman–Crippen MR) is 84.5 cm³/mol. The Balaban J connectivity index is 2.06. The van der Waals surface area contributed by atoms with E-state index in [4.69, 9.17) is 0 Å². The van der Waals surface area contributed by atoms with Gasteiger partial charge in [-0.15, -0.1) is 0 Å². The van der Waals surface area contributed by atoms with E-state index in [9.17, 15) is 23.1 Å². The third kappa shape index (κ3) is 3.82. The van der Waals surface area contributed by atoms with Gasteiger partial charge in [-0.25, -0.2) is 13.2 Å². The Morgan fingerprint density at radius 2 is 2.26 bits per heavy atom. The third-order valence-corrected chi connectivity index (χ3v) is 6.50. The fourth-order valence-corrected chi connectivity index (χ4v) is 4.58. The molecule has 1 aromatic heterocycles. The van der Waals surface area contributed by atoms with Gasteiger partial charge in [0, 0.05) is 25.2 Å². The quantitative estimate of drug-likeness (QED) is 0.721. The van der Waals surface area contributed by atoms with E-state index in [1.165, 1.54) is 43.3 Å². The van der Waals surface area contributed by atoms with E-state index in [1.54, 1.807) is 0 Å². The van der Waals surface area contributed by atoms with E-state index in [1.807, 2.05) is 0 Å². The molecule has 0 aromatic carbocycles. The van der Waals surface area contributed by atoms with Crippen LogP contribution in [-0.4, -0.2) is 65.3 Å². The number of carboxylic acids is 1. The monoisotopic (exact) mass is 359 g/mol. The van der Waals surface area contributed by atoms with E-state index in [-0.39, 0.29) is 10.6 Å². The molecule has 126 valence electrons. The number of carboxylic acid groups (broad SMARTS) is 1. The Kier molecular flexibility index (Phi) is 5.27. The minimum atomic E-state index is -3.85. The first kappa shape index (κ1) is 17.7. The van der Waals surface area contributed by atoms with Gasteiger partial charge in [0.2, 0.25) is 15.9 Å². The highest BCUT2D eigenvalue weighted by molar-refractivity contribution is 7.99. The SMILES string of the molecule is CN(CC(=O)NC1(C(=O)O)CCSC1)S(=O)(=O)c1cccnc1. The second-order valence-corrected chi connectivity index (χ2v) is 8.34. The molecule has 23 heavy (non-hydrogen) atoms. The van der Waals surface area contributed by atoms with Crippen molar-refractivity contribution in [1.29, 1.82) is 0 Å². The number of hydrogen-bond donors (Lipinski definition) is 2. The van der Waals surface area contributed by atoms with Gasteiger partial charge in [-0.1, -0.05) is 0 Å². The molecule has 1 amide bonds. The summed E-state index contributed by atoms with van der Waals surface area (Å²) in [6.45, 7) is -0.461. The summed E-state index contributed by atoms with van der Waals surface area (Å²) < 4.78 is 25.5. The number of carbonyl (C=O) groups excluding carboxylic acids is 1. The van der Waals surface area contributed by atoms with Crippen LogP contribution in [0.25, 0.3) is 0 Å². The summed E-state index contributed by atoms with van der Waals surface area (Å²) in [4.78, 5) is 27.2. The molecular formula is C13H17N3O5S2. The standard InChI is InChI=1S/C13H17N3O5S2/c1-16(23(20,21)10-3-2-5-14-7-10)8-11(17)15-13(12(18)19)4-6-22-9-13/h2-3,5,7H,4,6,8-9H2,1H3,(H,15,17)(H,18,19). The highest BCUT2D eigenvalue weighted by Crippen LogP contribution is 2.28. The van der Waals surface area contributed by atoms with Crippen molar-refractivity contribution >= 4 is 33.7 Å². The second kappa shape index (κ2) is 6.85. The van der Waals surface area contributed by atoms with Gasteiger partial charge in [-0.3, -0.25) is 9.78 Å². The highest BCUT2D eigenvalue weighted by Gasteiger charge is 2.43. The van der Waals surface area contributed by atoms with Crippen molar-refractivity contribution in [1.82, 2.24) is 14.6 Å². The summed E-state index contributed by atoms with van der Waals surface area (Å²) in [5, 5.41) is 11.8. The van der Waals surface area contributed by atoms with E-state index < -0.39 is 34.0 Å². The van der Waals surface area contributed by atoms with E-state index in [2.05, 4.69) is 10.3 Å². The maximum atomic E-state index is 12.3. The third-order valence-electron chi connectivity index (χ3n) is 3.52. The molecule has 0 spiro atoms. The molecule has 1 aliphatic heterocycles. The molecule has 0 bridgehead atoms. The van der Waals surface area contributed by atoms with Crippen LogP contribution in [-0.2, 0) is 19.6 Å². The molecule has 1 aliphatic rings. The zero-order valence-corrected chi connectivity index (χ0v) is 14.1. The number of aliphatic carboxylic acids is 1. The van der Waals surface area contributed by atoms with Gasteiger partial charge in [0.15, 0.2) is 0 Å². The Morgan fingerprint density at radius 3 is 2.78 bits per heavy atom. The Labute approximate surface area is 138 Å². The van der Waals surface area contributed by atoms with Crippen molar-refractivity contribution in [3.05, 3.63) is 24.5 Å². The molecule has 0 radical (unpaired) electrons. The lowest BCUT2D eigenvalue weighted by atomic mass is 9.99. The number of nitrogens with zero attached hydrogens (tertiary/aromatic N) is 2. The topological polar surface area (TPSA) is 117 Å². The van der Waals surface area contributed by atoms with Crippen LogP contribution in [0.4, 0.5) is 0 Å². The minimum absolute atomic E-state index is 0.0281. The minimum Gasteiger partial charge on any atom is -0.479 e. The zero-order chi connectivity index (χ0) is 17.1. The van der Waals surface area contributed by atoms with Gasteiger partial charge < -0.3 is 10.4 Å². The van der Waals surface area contributed by atoms with E-state index >= 15 is 0 Å². The Hall–Kier alpha value is -1.65. The maximum absolute atomic E-state index is 12.3. The number of nitrogens with one attached hydrogen (secondary N) is 1. The van der Waals surface area contributed by atoms with Gasteiger partial charge in [-0.2, -0.15) is 16.1 Å². The number of rotatable bonds is 6. The van der Waals surface area contributed by atoms with Crippen LogP contribution in [0.15, 0.2) is 29.4 Å². The van der Waals surface area contributed by atoms with Crippen LogP contribution < -0.4 is 5.32 Å². The highest BCUT2D eigenvalue weighted by atomic mass is 32.2. The van der Waals surface area contributed by atoms with Crippen molar-refractivity contribution in [2.45, 2.75) is 16.9 Å². The molecule has 8 nitrogen and oxygen atoms in total. The van der Waals surface area contributed by atoms with Crippen molar-refractivity contribution in [2.24, 2.45) is 0 Å². The average Bonchev–Trinajstić information content (AvgIpc) is 2.97. The lowest BCUT2D eigenvalue weighted by Crippen LogP contribution is -2.56. The maximum Gasteiger partial charge on any atom is 0.330 e. The van der Waals surface area contributed by atoms with Crippen LogP contribution in [0.2, 0.25) is 0 Å². The number of likely N-dealkylation sites (N-methyl/N-ethyl adjacent to an activating group) is 1. The first-order valence-corrected chi connectivity index (χ1v) is 9.36. The molecule has 2 heterocycles. The first-order chi connectivity index (χ1) is 10.8. The number of aromatic nitrogens is 1. The number of thioether (sulfide) groups is 1. The van der Waals surface area contributed by atoms with Gasteiger partial charge in [0.1, 0.15) is 10.4 Å². The van der Waals surface area contributed by atoms with Crippen LogP contribution >= 0.6 is 11.8 Å². The van der Waals surface area contributed by atoms with E-state index in [0.29, 0.717) is 12.2 Å². The molecule has 1 aromatic rings. The van der Waals surface area contributed by atoms with Crippen LogP contribution in [0.5, 0.6) is 0 Å². The van der Waals surface area contributed by atoms with Crippen molar-refractivity contribution in [3.63, 3.8) is 0 Å². The van der Waals surface area contributed by atoms with Gasteiger partial charge in [0.05, 0.1) is 6.54 Å². The second-order valence-electron chi connectivity index (χ2n) is 5.19. The number of sulfonamides is 1. The fraction of sp³-hybridized carbons (Fsp3) is 0.462. The number of hydrogen-bond acceptors (Lipinski definition) is 6. The molecule has 1 unspecified atom stereocenters. The fourth-order valence-electron chi connectivity index (χ4n) is 2.16. The molecule has 1 atom stereocenters. The lowest BCUT2D eigenvalue weighted by molar-refractivity contribution is -0.146. The van der Waals surface area contributed by atoms with Crippen molar-refractivity contribution in [3.8, 4) is 0 Å². The molecule has 0 aliphatic carbocycles. The van der Waals surface area contributed by atoms with Crippen LogP contribution in [0.3, 0.4) is 0 Å². The molecule has 2 rings (SSSR count). The largest absolute Gasteiger partial charge is 0.479 e. The summed E-state index contributed by atoms with van der Waals surface area (Å²) in [5.74, 6) is -0.845.